The summed E-state index contributed by atoms with van der Waals surface area (Å²) in [4.78, 5) is 19.1. The molecule has 2 aromatic heterocycles. The highest BCUT2D eigenvalue weighted by atomic mass is 16.5. The number of hydrogen-bond donors (Lipinski definition) is 1. The highest BCUT2D eigenvalue weighted by Crippen LogP contribution is 2.17. The molecule has 1 aliphatic heterocycles. The van der Waals surface area contributed by atoms with E-state index in [1.165, 1.54) is 0 Å². The second kappa shape index (κ2) is 8.92. The molecule has 1 atom stereocenters. The minimum atomic E-state index is -0.0813. The smallest absolute Gasteiger partial charge is 0.276 e. The maximum atomic E-state index is 12.7. The Balaban J connectivity index is 1.64. The van der Waals surface area contributed by atoms with Crippen molar-refractivity contribution in [1.29, 1.82) is 0 Å². The van der Waals surface area contributed by atoms with E-state index in [9.17, 15) is 4.79 Å². The molecule has 0 spiro atoms. The molecule has 3 rings (SSSR count). The summed E-state index contributed by atoms with van der Waals surface area (Å²) in [6, 6.07) is 1.86. The van der Waals surface area contributed by atoms with Gasteiger partial charge in [0.15, 0.2) is 5.69 Å². The number of aromatic nitrogens is 4. The molecule has 3 heterocycles. The van der Waals surface area contributed by atoms with E-state index in [2.05, 4.69) is 46.4 Å². The second-order valence-corrected chi connectivity index (χ2v) is 6.90. The molecule has 1 fully saturated rings. The fourth-order valence-electron chi connectivity index (χ4n) is 3.40. The summed E-state index contributed by atoms with van der Waals surface area (Å²) in [6.45, 7) is 7.51. The van der Waals surface area contributed by atoms with Gasteiger partial charge in [-0.2, -0.15) is 5.10 Å². The number of anilines is 1. The summed E-state index contributed by atoms with van der Waals surface area (Å²) >= 11 is 0. The maximum absolute atomic E-state index is 12.7. The number of likely N-dealkylation sites (tertiary alicyclic amines) is 1. The third-order valence-electron chi connectivity index (χ3n) is 4.83. The van der Waals surface area contributed by atoms with Crippen LogP contribution in [-0.4, -0.2) is 50.3 Å². The van der Waals surface area contributed by atoms with Gasteiger partial charge in [-0.3, -0.25) is 4.79 Å². The largest absolute Gasteiger partial charge is 0.361 e. The molecular weight excluding hydrogens is 344 g/mol. The van der Waals surface area contributed by atoms with Crippen LogP contribution in [0.3, 0.4) is 0 Å². The van der Waals surface area contributed by atoms with Crippen LogP contribution < -0.4 is 5.32 Å². The van der Waals surface area contributed by atoms with Crippen molar-refractivity contribution < 1.29 is 9.32 Å². The second-order valence-electron chi connectivity index (χ2n) is 6.90. The molecule has 1 amide bonds. The fraction of sp³-hybridized carbons (Fsp3) is 0.632. The topological polar surface area (TPSA) is 97.0 Å². The van der Waals surface area contributed by atoms with Crippen LogP contribution in [0.2, 0.25) is 0 Å². The Morgan fingerprint density at radius 3 is 2.81 bits per heavy atom. The standard InChI is InChI=1S/C19H28N6O2/c1-4-8-14-11-17(24-27-14)18(26)25-10-7-9-13(12-25)20-19-21-15(5-2)16(6-3)22-23-19/h11,13H,4-10,12H2,1-3H3,(H,20,21,23)/t13-/m1/s1. The van der Waals surface area contributed by atoms with Crippen LogP contribution in [0.1, 0.15) is 67.7 Å². The number of rotatable bonds is 7. The van der Waals surface area contributed by atoms with Gasteiger partial charge in [-0.25, -0.2) is 4.98 Å². The van der Waals surface area contributed by atoms with Gasteiger partial charge < -0.3 is 14.7 Å². The first-order chi connectivity index (χ1) is 13.1. The zero-order valence-electron chi connectivity index (χ0n) is 16.4. The number of nitrogens with one attached hydrogen (secondary N) is 1. The lowest BCUT2D eigenvalue weighted by Crippen LogP contribution is -2.45. The van der Waals surface area contributed by atoms with Gasteiger partial charge in [0.05, 0.1) is 11.4 Å². The van der Waals surface area contributed by atoms with Gasteiger partial charge in [-0.05, 0) is 32.1 Å². The van der Waals surface area contributed by atoms with E-state index < -0.39 is 0 Å². The Bertz CT molecular complexity index is 775. The predicted molar refractivity (Wildman–Crippen MR) is 102 cm³/mol. The summed E-state index contributed by atoms with van der Waals surface area (Å²) in [7, 11) is 0. The molecule has 1 saturated heterocycles. The normalized spacial score (nSPS) is 17.1. The Kier molecular flexibility index (Phi) is 6.36. The number of hydrogen-bond acceptors (Lipinski definition) is 7. The van der Waals surface area contributed by atoms with Gasteiger partial charge in [-0.15, -0.1) is 5.10 Å². The van der Waals surface area contributed by atoms with Crippen molar-refractivity contribution in [1.82, 2.24) is 25.2 Å². The Morgan fingerprint density at radius 2 is 2.07 bits per heavy atom. The number of nitrogens with zero attached hydrogens (tertiary/aromatic N) is 5. The molecule has 0 aromatic carbocycles. The average Bonchev–Trinajstić information content (AvgIpc) is 3.16. The van der Waals surface area contributed by atoms with E-state index in [1.807, 2.05) is 4.90 Å². The van der Waals surface area contributed by atoms with Gasteiger partial charge in [0.2, 0.25) is 5.95 Å². The van der Waals surface area contributed by atoms with Crippen LogP contribution in [-0.2, 0) is 19.3 Å². The van der Waals surface area contributed by atoms with Crippen LogP contribution >= 0.6 is 0 Å². The van der Waals surface area contributed by atoms with Crippen molar-refractivity contribution in [3.8, 4) is 0 Å². The van der Waals surface area contributed by atoms with Crippen molar-refractivity contribution in [2.24, 2.45) is 0 Å². The third kappa shape index (κ3) is 4.61. The van der Waals surface area contributed by atoms with Crippen molar-refractivity contribution in [3.63, 3.8) is 0 Å². The van der Waals surface area contributed by atoms with Gasteiger partial charge >= 0.3 is 0 Å². The minimum absolute atomic E-state index is 0.0813. The minimum Gasteiger partial charge on any atom is -0.361 e. The van der Waals surface area contributed by atoms with Crippen molar-refractivity contribution in [2.45, 2.75) is 65.3 Å². The molecule has 8 heteroatoms. The van der Waals surface area contributed by atoms with Gasteiger partial charge in [0.25, 0.3) is 5.91 Å². The lowest BCUT2D eigenvalue weighted by molar-refractivity contribution is 0.0704. The van der Waals surface area contributed by atoms with Crippen LogP contribution in [0.4, 0.5) is 5.95 Å². The number of piperidine rings is 1. The molecular formula is C19H28N6O2. The van der Waals surface area contributed by atoms with Crippen LogP contribution in [0.5, 0.6) is 0 Å². The summed E-state index contributed by atoms with van der Waals surface area (Å²) in [6.07, 6.45) is 5.29. The van der Waals surface area contributed by atoms with Gasteiger partial charge in [-0.1, -0.05) is 25.9 Å². The lowest BCUT2D eigenvalue weighted by atomic mass is 10.1. The van der Waals surface area contributed by atoms with Crippen molar-refractivity contribution in [2.75, 3.05) is 18.4 Å². The van der Waals surface area contributed by atoms with Crippen molar-refractivity contribution in [3.05, 3.63) is 28.9 Å². The Hall–Kier alpha value is -2.51. The first kappa shape index (κ1) is 19.3. The van der Waals surface area contributed by atoms with Gasteiger partial charge in [0.1, 0.15) is 5.76 Å². The van der Waals surface area contributed by atoms with Crippen LogP contribution in [0, 0.1) is 0 Å². The van der Waals surface area contributed by atoms with Crippen LogP contribution in [0.25, 0.3) is 0 Å². The molecule has 0 bridgehead atoms. The van der Waals surface area contributed by atoms with Crippen LogP contribution in [0.15, 0.2) is 10.6 Å². The quantitative estimate of drug-likeness (QED) is 0.798. The summed E-state index contributed by atoms with van der Waals surface area (Å²) in [5.74, 6) is 1.22. The average molecular weight is 372 g/mol. The van der Waals surface area contributed by atoms with E-state index in [1.54, 1.807) is 6.07 Å². The molecule has 2 aromatic rings. The molecule has 0 saturated carbocycles. The van der Waals surface area contributed by atoms with E-state index in [0.717, 1.165) is 62.2 Å². The number of carbonyl (C=O) groups excluding carboxylic acids is 1. The number of aryl methyl sites for hydroxylation is 3. The molecule has 27 heavy (non-hydrogen) atoms. The van der Waals surface area contributed by atoms with E-state index >= 15 is 0 Å². The van der Waals surface area contributed by atoms with E-state index in [-0.39, 0.29) is 11.9 Å². The predicted octanol–water partition coefficient (Wildman–Crippen LogP) is 2.65. The monoisotopic (exact) mass is 372 g/mol. The molecule has 8 nitrogen and oxygen atoms in total. The zero-order chi connectivity index (χ0) is 19.2. The molecule has 0 unspecified atom stereocenters. The number of carbonyl (C=O) groups is 1. The zero-order valence-corrected chi connectivity index (χ0v) is 16.4. The molecule has 1 N–H and O–H groups in total. The molecule has 146 valence electrons. The van der Waals surface area contributed by atoms with E-state index in [4.69, 9.17) is 4.52 Å². The molecule has 0 aliphatic carbocycles. The maximum Gasteiger partial charge on any atom is 0.276 e. The lowest BCUT2D eigenvalue weighted by Gasteiger charge is -2.32. The molecule has 0 radical (unpaired) electrons. The Labute approximate surface area is 159 Å². The highest BCUT2D eigenvalue weighted by Gasteiger charge is 2.27. The SMILES string of the molecule is CCCc1cc(C(=O)N2CCC[C@@H](Nc3nnc(CC)c(CC)n3)C2)no1. The first-order valence-corrected chi connectivity index (χ1v) is 9.88. The van der Waals surface area contributed by atoms with Gasteiger partial charge in [0, 0.05) is 31.6 Å². The summed E-state index contributed by atoms with van der Waals surface area (Å²) < 4.78 is 5.25. The molecule has 1 aliphatic rings. The Morgan fingerprint density at radius 1 is 1.26 bits per heavy atom. The van der Waals surface area contributed by atoms with E-state index in [0.29, 0.717) is 18.2 Å². The summed E-state index contributed by atoms with van der Waals surface area (Å²) in [5.41, 5.74) is 2.31. The third-order valence-corrected chi connectivity index (χ3v) is 4.83. The first-order valence-electron chi connectivity index (χ1n) is 9.88. The summed E-state index contributed by atoms with van der Waals surface area (Å²) in [5, 5.41) is 15.8. The highest BCUT2D eigenvalue weighted by molar-refractivity contribution is 5.92. The number of amides is 1. The fourth-order valence-corrected chi connectivity index (χ4v) is 3.40. The van der Waals surface area contributed by atoms with Crippen molar-refractivity contribution >= 4 is 11.9 Å².